The van der Waals surface area contributed by atoms with Crippen molar-refractivity contribution in [1.82, 2.24) is 4.90 Å². The van der Waals surface area contributed by atoms with E-state index in [1.54, 1.807) is 12.1 Å². The Balaban J connectivity index is 2.08. The van der Waals surface area contributed by atoms with Gasteiger partial charge in [0, 0.05) is 25.2 Å². The number of nitrogens with zero attached hydrogens (tertiary/aromatic N) is 2. The lowest BCUT2D eigenvalue weighted by molar-refractivity contribution is 0.112. The fourth-order valence-electron chi connectivity index (χ4n) is 2.53. The molecule has 3 nitrogen and oxygen atoms in total. The highest BCUT2D eigenvalue weighted by Gasteiger charge is 2.23. The number of carbonyl (C=O) groups excluding carboxylic acids is 1. The maximum Gasteiger partial charge on any atom is 0.150 e. The normalized spacial score (nSPS) is 20.1. The molecule has 2 rings (SSSR count). The minimum absolute atomic E-state index is 0.331. The van der Waals surface area contributed by atoms with Crippen molar-refractivity contribution < 1.29 is 9.18 Å². The van der Waals surface area contributed by atoms with E-state index >= 15 is 0 Å². The van der Waals surface area contributed by atoms with Crippen molar-refractivity contribution in [2.24, 2.45) is 0 Å². The number of aldehydes is 1. The molecule has 0 aliphatic carbocycles. The van der Waals surface area contributed by atoms with Crippen molar-refractivity contribution in [2.45, 2.75) is 18.9 Å². The first-order chi connectivity index (χ1) is 8.61. The molecule has 18 heavy (non-hydrogen) atoms. The van der Waals surface area contributed by atoms with Crippen LogP contribution < -0.4 is 4.90 Å². The van der Waals surface area contributed by atoms with Gasteiger partial charge in [-0.05, 0) is 44.6 Å². The number of benzene rings is 1. The van der Waals surface area contributed by atoms with E-state index in [9.17, 15) is 9.18 Å². The molecule has 0 N–H and O–H groups in total. The Kier molecular flexibility index (Phi) is 3.97. The maximum absolute atomic E-state index is 13.8. The Bertz CT molecular complexity index is 436. The minimum Gasteiger partial charge on any atom is -0.371 e. The lowest BCUT2D eigenvalue weighted by Crippen LogP contribution is -2.36. The molecule has 1 atom stereocenters. The van der Waals surface area contributed by atoms with E-state index < -0.39 is 0 Å². The van der Waals surface area contributed by atoms with Crippen molar-refractivity contribution in [3.8, 4) is 0 Å². The van der Waals surface area contributed by atoms with E-state index in [0.717, 1.165) is 19.5 Å². The van der Waals surface area contributed by atoms with Gasteiger partial charge in [0.2, 0.25) is 0 Å². The number of rotatable bonds is 4. The van der Waals surface area contributed by atoms with Crippen LogP contribution in [0.4, 0.5) is 10.1 Å². The first kappa shape index (κ1) is 13.0. The van der Waals surface area contributed by atoms with E-state index in [-0.39, 0.29) is 5.82 Å². The van der Waals surface area contributed by atoms with Crippen LogP contribution in [0.15, 0.2) is 18.2 Å². The molecular weight excluding hydrogens is 231 g/mol. The molecule has 1 heterocycles. The van der Waals surface area contributed by atoms with Gasteiger partial charge in [0.15, 0.2) is 0 Å². The number of hydrogen-bond donors (Lipinski definition) is 0. The number of halogens is 1. The third kappa shape index (κ3) is 2.70. The molecule has 1 saturated heterocycles. The Morgan fingerprint density at radius 1 is 1.56 bits per heavy atom. The van der Waals surface area contributed by atoms with Crippen LogP contribution in [0.1, 0.15) is 23.2 Å². The zero-order valence-corrected chi connectivity index (χ0v) is 10.9. The number of likely N-dealkylation sites (N-methyl/N-ethyl adjacent to an activating group) is 2. The molecule has 0 radical (unpaired) electrons. The van der Waals surface area contributed by atoms with Gasteiger partial charge in [-0.25, -0.2) is 4.39 Å². The van der Waals surface area contributed by atoms with Crippen molar-refractivity contribution in [1.29, 1.82) is 0 Å². The molecule has 1 fully saturated rings. The van der Waals surface area contributed by atoms with Crippen molar-refractivity contribution in [3.63, 3.8) is 0 Å². The highest BCUT2D eigenvalue weighted by Crippen LogP contribution is 2.22. The summed E-state index contributed by atoms with van der Waals surface area (Å²) in [5.41, 5.74) is 0.934. The van der Waals surface area contributed by atoms with Crippen LogP contribution in [-0.4, -0.2) is 44.4 Å². The van der Waals surface area contributed by atoms with Gasteiger partial charge >= 0.3 is 0 Å². The van der Waals surface area contributed by atoms with Gasteiger partial charge in [0.05, 0.1) is 5.69 Å². The van der Waals surface area contributed by atoms with Gasteiger partial charge in [0.1, 0.15) is 12.1 Å². The zero-order valence-electron chi connectivity index (χ0n) is 10.9. The van der Waals surface area contributed by atoms with Crippen LogP contribution in [-0.2, 0) is 0 Å². The van der Waals surface area contributed by atoms with Gasteiger partial charge in [-0.15, -0.1) is 0 Å². The van der Waals surface area contributed by atoms with E-state index in [1.807, 2.05) is 11.9 Å². The van der Waals surface area contributed by atoms with Crippen LogP contribution in [0.3, 0.4) is 0 Å². The molecule has 0 spiro atoms. The third-order valence-electron chi connectivity index (χ3n) is 3.68. The third-order valence-corrected chi connectivity index (χ3v) is 3.68. The van der Waals surface area contributed by atoms with E-state index in [2.05, 4.69) is 11.9 Å². The summed E-state index contributed by atoms with van der Waals surface area (Å²) >= 11 is 0. The van der Waals surface area contributed by atoms with Crippen LogP contribution in [0, 0.1) is 5.82 Å². The van der Waals surface area contributed by atoms with E-state index in [4.69, 9.17) is 0 Å². The van der Waals surface area contributed by atoms with Crippen LogP contribution in [0.5, 0.6) is 0 Å². The molecule has 1 aromatic carbocycles. The van der Waals surface area contributed by atoms with Crippen molar-refractivity contribution in [3.05, 3.63) is 29.6 Å². The fourth-order valence-corrected chi connectivity index (χ4v) is 2.53. The first-order valence-corrected chi connectivity index (χ1v) is 6.28. The van der Waals surface area contributed by atoms with E-state index in [0.29, 0.717) is 23.6 Å². The van der Waals surface area contributed by atoms with Crippen LogP contribution >= 0.6 is 0 Å². The molecule has 0 amide bonds. The summed E-state index contributed by atoms with van der Waals surface area (Å²) in [4.78, 5) is 14.8. The number of likely N-dealkylation sites (tertiary alicyclic amines) is 1. The Morgan fingerprint density at radius 3 is 2.89 bits per heavy atom. The quantitative estimate of drug-likeness (QED) is 0.765. The lowest BCUT2D eigenvalue weighted by atomic mass is 10.1. The van der Waals surface area contributed by atoms with Crippen molar-refractivity contribution >= 4 is 12.0 Å². The highest BCUT2D eigenvalue weighted by molar-refractivity contribution is 5.75. The highest BCUT2D eigenvalue weighted by atomic mass is 19.1. The predicted molar refractivity (Wildman–Crippen MR) is 70.7 cm³/mol. The molecule has 1 unspecified atom stereocenters. The maximum atomic E-state index is 13.8. The summed E-state index contributed by atoms with van der Waals surface area (Å²) in [6.45, 7) is 1.93. The molecule has 4 heteroatoms. The topological polar surface area (TPSA) is 23.6 Å². The second kappa shape index (κ2) is 5.48. The smallest absolute Gasteiger partial charge is 0.150 e. The molecule has 98 valence electrons. The standard InChI is InChI=1S/C14H19FN2O/c1-16-7-3-4-12(16)9-17(2)14-6-5-11(10-18)8-13(14)15/h5-6,8,10,12H,3-4,7,9H2,1-2H3. The van der Waals surface area contributed by atoms with Crippen molar-refractivity contribution in [2.75, 3.05) is 32.1 Å². The molecule has 0 aromatic heterocycles. The summed E-state index contributed by atoms with van der Waals surface area (Å²) in [6.07, 6.45) is 3.04. The van der Waals surface area contributed by atoms with Gasteiger partial charge in [0.25, 0.3) is 0 Å². The van der Waals surface area contributed by atoms with Gasteiger partial charge in [-0.3, -0.25) is 4.79 Å². The van der Waals surface area contributed by atoms with Gasteiger partial charge < -0.3 is 9.80 Å². The SMILES string of the molecule is CN(CC1CCCN1C)c1ccc(C=O)cc1F. The van der Waals surface area contributed by atoms with Crippen LogP contribution in [0.25, 0.3) is 0 Å². The fraction of sp³-hybridized carbons (Fsp3) is 0.500. The largest absolute Gasteiger partial charge is 0.371 e. The Hall–Kier alpha value is -1.42. The Labute approximate surface area is 107 Å². The zero-order chi connectivity index (χ0) is 13.1. The molecule has 0 bridgehead atoms. The first-order valence-electron chi connectivity index (χ1n) is 6.28. The lowest BCUT2D eigenvalue weighted by Gasteiger charge is -2.27. The average Bonchev–Trinajstić information content (AvgIpc) is 2.74. The minimum atomic E-state index is -0.331. The molecule has 0 saturated carbocycles. The Morgan fingerprint density at radius 2 is 2.33 bits per heavy atom. The predicted octanol–water partition coefficient (Wildman–Crippen LogP) is 2.17. The summed E-state index contributed by atoms with van der Waals surface area (Å²) < 4.78 is 13.8. The summed E-state index contributed by atoms with van der Waals surface area (Å²) in [5, 5.41) is 0. The van der Waals surface area contributed by atoms with Gasteiger partial charge in [-0.2, -0.15) is 0 Å². The summed E-state index contributed by atoms with van der Waals surface area (Å²) in [7, 11) is 4.00. The second-order valence-corrected chi connectivity index (χ2v) is 4.99. The molecule has 1 aliphatic heterocycles. The summed E-state index contributed by atoms with van der Waals surface area (Å²) in [5.74, 6) is -0.331. The van der Waals surface area contributed by atoms with E-state index in [1.165, 1.54) is 12.5 Å². The average molecular weight is 250 g/mol. The van der Waals surface area contributed by atoms with Gasteiger partial charge in [-0.1, -0.05) is 0 Å². The monoisotopic (exact) mass is 250 g/mol. The number of hydrogen-bond acceptors (Lipinski definition) is 3. The second-order valence-electron chi connectivity index (χ2n) is 4.99. The number of carbonyl (C=O) groups is 1. The molecule has 1 aromatic rings. The molecular formula is C14H19FN2O. The number of anilines is 1. The summed E-state index contributed by atoms with van der Waals surface area (Å²) in [6, 6.07) is 5.10. The molecule has 1 aliphatic rings. The van der Waals surface area contributed by atoms with Crippen LogP contribution in [0.2, 0.25) is 0 Å².